The largest absolute Gasteiger partial charge is 0.292 e. The van der Waals surface area contributed by atoms with Crippen molar-refractivity contribution < 1.29 is 4.79 Å². The quantitative estimate of drug-likeness (QED) is 0.676. The van der Waals surface area contributed by atoms with Crippen LogP contribution in [0.15, 0.2) is 54.0 Å². The summed E-state index contributed by atoms with van der Waals surface area (Å²) in [5.74, 6) is 0.0283. The lowest BCUT2D eigenvalue weighted by molar-refractivity contribution is 0.0978. The summed E-state index contributed by atoms with van der Waals surface area (Å²) < 4.78 is 0. The van der Waals surface area contributed by atoms with Crippen molar-refractivity contribution in [2.45, 2.75) is 12.8 Å². The van der Waals surface area contributed by atoms with Crippen LogP contribution in [0.5, 0.6) is 0 Å². The standard InChI is InChI=1S/C15H13N3OS/c19-15(9-8-13-7-4-10-20-13)14-11-16-18(17-14)12-5-2-1-3-6-12/h1-7,10-11H,8-9H2. The summed E-state index contributed by atoms with van der Waals surface area (Å²) >= 11 is 1.67. The van der Waals surface area contributed by atoms with Gasteiger partial charge in [-0.05, 0) is 30.0 Å². The van der Waals surface area contributed by atoms with E-state index in [0.717, 1.165) is 12.1 Å². The molecule has 20 heavy (non-hydrogen) atoms. The average molecular weight is 283 g/mol. The Morgan fingerprint density at radius 1 is 1.15 bits per heavy atom. The smallest absolute Gasteiger partial charge is 0.185 e. The molecule has 0 aliphatic rings. The second-order valence-corrected chi connectivity index (χ2v) is 5.39. The first-order valence-electron chi connectivity index (χ1n) is 6.36. The van der Waals surface area contributed by atoms with Gasteiger partial charge in [0.05, 0.1) is 11.9 Å². The van der Waals surface area contributed by atoms with Crippen molar-refractivity contribution in [2.24, 2.45) is 0 Å². The summed E-state index contributed by atoms with van der Waals surface area (Å²) in [7, 11) is 0. The highest BCUT2D eigenvalue weighted by Crippen LogP contribution is 2.13. The van der Waals surface area contributed by atoms with Crippen LogP contribution in [0.4, 0.5) is 0 Å². The maximum atomic E-state index is 12.1. The summed E-state index contributed by atoms with van der Waals surface area (Å²) in [6, 6.07) is 13.6. The van der Waals surface area contributed by atoms with E-state index in [1.807, 2.05) is 47.8 Å². The molecular formula is C15H13N3OS. The zero-order chi connectivity index (χ0) is 13.8. The predicted molar refractivity (Wildman–Crippen MR) is 78.3 cm³/mol. The lowest BCUT2D eigenvalue weighted by Crippen LogP contribution is -2.04. The first kappa shape index (κ1) is 12.7. The molecule has 5 heteroatoms. The van der Waals surface area contributed by atoms with Gasteiger partial charge in [0.1, 0.15) is 5.69 Å². The number of nitrogens with zero attached hydrogens (tertiary/aromatic N) is 3. The van der Waals surface area contributed by atoms with Crippen molar-refractivity contribution in [1.82, 2.24) is 15.0 Å². The van der Waals surface area contributed by atoms with Gasteiger partial charge in [0.15, 0.2) is 5.78 Å². The number of rotatable bonds is 5. The number of aromatic nitrogens is 3. The molecule has 0 saturated carbocycles. The van der Waals surface area contributed by atoms with E-state index in [9.17, 15) is 4.79 Å². The highest BCUT2D eigenvalue weighted by atomic mass is 32.1. The number of aryl methyl sites for hydroxylation is 1. The minimum absolute atomic E-state index is 0.0283. The van der Waals surface area contributed by atoms with Crippen LogP contribution >= 0.6 is 11.3 Å². The van der Waals surface area contributed by atoms with Gasteiger partial charge in [0.2, 0.25) is 0 Å². The van der Waals surface area contributed by atoms with Crippen LogP contribution in [0.3, 0.4) is 0 Å². The van der Waals surface area contributed by atoms with Crippen LogP contribution < -0.4 is 0 Å². The third-order valence-corrected chi connectivity index (χ3v) is 3.88. The predicted octanol–water partition coefficient (Wildman–Crippen LogP) is 3.14. The molecule has 0 aliphatic heterocycles. The summed E-state index contributed by atoms with van der Waals surface area (Å²) in [6.07, 6.45) is 2.76. The second kappa shape index (κ2) is 5.79. The van der Waals surface area contributed by atoms with Gasteiger partial charge < -0.3 is 0 Å². The van der Waals surface area contributed by atoms with Gasteiger partial charge in [-0.2, -0.15) is 9.90 Å². The lowest BCUT2D eigenvalue weighted by Gasteiger charge is -1.98. The number of hydrogen-bond acceptors (Lipinski definition) is 4. The molecule has 0 unspecified atom stereocenters. The first-order valence-corrected chi connectivity index (χ1v) is 7.24. The lowest BCUT2D eigenvalue weighted by atomic mass is 10.1. The van der Waals surface area contributed by atoms with Crippen LogP contribution in [0.1, 0.15) is 21.8 Å². The van der Waals surface area contributed by atoms with Crippen LogP contribution in [0, 0.1) is 0 Å². The molecule has 0 aliphatic carbocycles. The maximum absolute atomic E-state index is 12.1. The minimum atomic E-state index is 0.0283. The normalized spacial score (nSPS) is 10.6. The molecule has 100 valence electrons. The van der Waals surface area contributed by atoms with E-state index in [4.69, 9.17) is 0 Å². The number of hydrogen-bond donors (Lipinski definition) is 0. The van der Waals surface area contributed by atoms with E-state index < -0.39 is 0 Å². The second-order valence-electron chi connectivity index (χ2n) is 4.36. The van der Waals surface area contributed by atoms with Crippen molar-refractivity contribution >= 4 is 17.1 Å². The van der Waals surface area contributed by atoms with E-state index in [1.54, 1.807) is 11.3 Å². The van der Waals surface area contributed by atoms with E-state index >= 15 is 0 Å². The number of benzene rings is 1. The number of Topliss-reactive ketones (excluding diaryl/α,β-unsaturated/α-hetero) is 1. The van der Waals surface area contributed by atoms with Crippen LogP contribution in [0.25, 0.3) is 5.69 Å². The van der Waals surface area contributed by atoms with Crippen molar-refractivity contribution in [1.29, 1.82) is 0 Å². The molecular weight excluding hydrogens is 270 g/mol. The molecule has 0 fully saturated rings. The Morgan fingerprint density at radius 3 is 2.75 bits per heavy atom. The first-order chi connectivity index (χ1) is 9.83. The topological polar surface area (TPSA) is 47.8 Å². The fourth-order valence-corrected chi connectivity index (χ4v) is 2.61. The third kappa shape index (κ3) is 2.83. The van der Waals surface area contributed by atoms with Gasteiger partial charge in [-0.1, -0.05) is 24.3 Å². The molecule has 0 N–H and O–H groups in total. The van der Waals surface area contributed by atoms with E-state index in [0.29, 0.717) is 12.1 Å². The summed E-state index contributed by atoms with van der Waals surface area (Å²) in [5, 5.41) is 10.4. The zero-order valence-electron chi connectivity index (χ0n) is 10.8. The van der Waals surface area contributed by atoms with Crippen LogP contribution in [0.2, 0.25) is 0 Å². The van der Waals surface area contributed by atoms with Crippen molar-refractivity contribution in [3.63, 3.8) is 0 Å². The molecule has 0 saturated heterocycles. The SMILES string of the molecule is O=C(CCc1cccs1)c1cnn(-c2ccccc2)n1. The molecule has 2 aromatic heterocycles. The zero-order valence-corrected chi connectivity index (χ0v) is 11.6. The molecule has 0 amide bonds. The number of ketones is 1. The van der Waals surface area contributed by atoms with Crippen LogP contribution in [-0.4, -0.2) is 20.8 Å². The summed E-state index contributed by atoms with van der Waals surface area (Å²) in [5.41, 5.74) is 1.27. The number of carbonyl (C=O) groups excluding carboxylic acids is 1. The van der Waals surface area contributed by atoms with Crippen molar-refractivity contribution in [3.05, 3.63) is 64.6 Å². The van der Waals surface area contributed by atoms with Gasteiger partial charge >= 0.3 is 0 Å². The van der Waals surface area contributed by atoms with E-state index in [1.165, 1.54) is 15.9 Å². The Kier molecular flexibility index (Phi) is 3.69. The number of para-hydroxylation sites is 1. The Morgan fingerprint density at radius 2 is 2.00 bits per heavy atom. The Bertz CT molecular complexity index is 689. The molecule has 0 atom stereocenters. The molecule has 3 rings (SSSR count). The summed E-state index contributed by atoms with van der Waals surface area (Å²) in [6.45, 7) is 0. The van der Waals surface area contributed by atoms with Crippen molar-refractivity contribution in [2.75, 3.05) is 0 Å². The number of thiophene rings is 1. The van der Waals surface area contributed by atoms with Gasteiger partial charge in [-0.3, -0.25) is 4.79 Å². The highest BCUT2D eigenvalue weighted by molar-refractivity contribution is 7.09. The Labute approximate surface area is 120 Å². The molecule has 0 radical (unpaired) electrons. The molecule has 1 aromatic carbocycles. The van der Waals surface area contributed by atoms with Gasteiger partial charge in [0.25, 0.3) is 0 Å². The Hall–Kier alpha value is -2.27. The molecule has 0 bridgehead atoms. The van der Waals surface area contributed by atoms with Gasteiger partial charge in [-0.25, -0.2) is 0 Å². The summed E-state index contributed by atoms with van der Waals surface area (Å²) in [4.78, 5) is 14.8. The van der Waals surface area contributed by atoms with Gasteiger partial charge in [0, 0.05) is 11.3 Å². The molecule has 3 aromatic rings. The fraction of sp³-hybridized carbons (Fsp3) is 0.133. The molecule has 0 spiro atoms. The third-order valence-electron chi connectivity index (χ3n) is 2.94. The maximum Gasteiger partial charge on any atom is 0.185 e. The average Bonchev–Trinajstić information content (AvgIpc) is 3.17. The van der Waals surface area contributed by atoms with Crippen LogP contribution in [-0.2, 0) is 6.42 Å². The minimum Gasteiger partial charge on any atom is -0.292 e. The monoisotopic (exact) mass is 283 g/mol. The highest BCUT2D eigenvalue weighted by Gasteiger charge is 2.11. The van der Waals surface area contributed by atoms with Gasteiger partial charge in [-0.15, -0.1) is 16.4 Å². The van der Waals surface area contributed by atoms with Crippen molar-refractivity contribution in [3.8, 4) is 5.69 Å². The fourth-order valence-electron chi connectivity index (χ4n) is 1.90. The van der Waals surface area contributed by atoms with E-state index in [2.05, 4.69) is 10.2 Å². The number of carbonyl (C=O) groups is 1. The molecule has 4 nitrogen and oxygen atoms in total. The van der Waals surface area contributed by atoms with E-state index in [-0.39, 0.29) is 5.78 Å². The molecule has 2 heterocycles. The Balaban J connectivity index is 1.69.